The molecule has 130 valence electrons. The van der Waals surface area contributed by atoms with Crippen molar-refractivity contribution in [1.29, 1.82) is 0 Å². The van der Waals surface area contributed by atoms with E-state index < -0.39 is 0 Å². The van der Waals surface area contributed by atoms with E-state index in [2.05, 4.69) is 35.6 Å². The number of benzene rings is 1. The maximum Gasteiger partial charge on any atom is 0.199 e. The van der Waals surface area contributed by atoms with Crippen LogP contribution in [0, 0.1) is 3.57 Å². The molecule has 0 aliphatic carbocycles. The molecule has 0 bridgehead atoms. The lowest BCUT2D eigenvalue weighted by atomic mass is 10.1. The molecule has 0 spiro atoms. The molecule has 0 saturated carbocycles. The van der Waals surface area contributed by atoms with Crippen LogP contribution in [0.1, 0.15) is 64.7 Å². The van der Waals surface area contributed by atoms with Crippen LogP contribution in [0.3, 0.4) is 0 Å². The van der Waals surface area contributed by atoms with Crippen LogP contribution in [0.5, 0.6) is 11.5 Å². The molecule has 1 unspecified atom stereocenters. The Morgan fingerprint density at radius 3 is 2.70 bits per heavy atom. The Kier molecular flexibility index (Phi) is 9.12. The quantitative estimate of drug-likeness (QED) is 0.339. The number of rotatable bonds is 10. The van der Waals surface area contributed by atoms with Crippen LogP contribution < -0.4 is 9.47 Å². The third-order valence-corrected chi connectivity index (χ3v) is 4.91. The van der Waals surface area contributed by atoms with Gasteiger partial charge in [0.1, 0.15) is 11.5 Å². The van der Waals surface area contributed by atoms with Crippen LogP contribution in [-0.2, 0) is 4.74 Å². The van der Waals surface area contributed by atoms with Gasteiger partial charge in [0.15, 0.2) is 6.29 Å². The van der Waals surface area contributed by atoms with E-state index in [9.17, 15) is 0 Å². The third kappa shape index (κ3) is 7.29. The summed E-state index contributed by atoms with van der Waals surface area (Å²) in [4.78, 5) is 0. The van der Waals surface area contributed by atoms with Crippen molar-refractivity contribution in [2.45, 2.75) is 71.0 Å². The molecule has 0 aromatic heterocycles. The second-order valence-electron chi connectivity index (χ2n) is 6.12. The van der Waals surface area contributed by atoms with Crippen LogP contribution in [-0.4, -0.2) is 19.5 Å². The van der Waals surface area contributed by atoms with Gasteiger partial charge in [-0.2, -0.15) is 0 Å². The van der Waals surface area contributed by atoms with Crippen molar-refractivity contribution >= 4 is 22.6 Å². The van der Waals surface area contributed by atoms with Crippen molar-refractivity contribution in [1.82, 2.24) is 0 Å². The summed E-state index contributed by atoms with van der Waals surface area (Å²) in [6.45, 7) is 3.85. The molecule has 1 aromatic rings. The first-order valence-electron chi connectivity index (χ1n) is 9.00. The second kappa shape index (κ2) is 11.1. The maximum atomic E-state index is 5.94. The summed E-state index contributed by atoms with van der Waals surface area (Å²) in [5.41, 5.74) is 0. The number of ether oxygens (including phenoxy) is 3. The predicted molar refractivity (Wildman–Crippen MR) is 102 cm³/mol. The van der Waals surface area contributed by atoms with Gasteiger partial charge >= 0.3 is 0 Å². The van der Waals surface area contributed by atoms with Gasteiger partial charge in [0.2, 0.25) is 0 Å². The van der Waals surface area contributed by atoms with Crippen LogP contribution in [0.25, 0.3) is 0 Å². The van der Waals surface area contributed by atoms with E-state index >= 15 is 0 Å². The van der Waals surface area contributed by atoms with Gasteiger partial charge in [-0.05, 0) is 60.1 Å². The van der Waals surface area contributed by atoms with E-state index in [0.29, 0.717) is 0 Å². The highest BCUT2D eigenvalue weighted by Gasteiger charge is 2.16. The normalized spacial score (nSPS) is 17.9. The SMILES string of the molecule is CCCCCCCCOc1ccc(OC2CCCCO2)c(I)c1. The molecule has 1 atom stereocenters. The van der Waals surface area contributed by atoms with E-state index in [-0.39, 0.29) is 6.29 Å². The summed E-state index contributed by atoms with van der Waals surface area (Å²) in [5, 5.41) is 0. The summed E-state index contributed by atoms with van der Waals surface area (Å²) in [7, 11) is 0. The standard InChI is InChI=1S/C19H29IO3/c1-2-3-4-5-6-8-13-21-16-11-12-18(17(20)15-16)23-19-10-7-9-14-22-19/h11-12,15,19H,2-10,13-14H2,1H3. The van der Waals surface area contributed by atoms with Gasteiger partial charge < -0.3 is 14.2 Å². The molecular weight excluding hydrogens is 403 g/mol. The van der Waals surface area contributed by atoms with Gasteiger partial charge in [-0.15, -0.1) is 0 Å². The predicted octanol–water partition coefficient (Wildman–Crippen LogP) is 5.94. The van der Waals surface area contributed by atoms with Gasteiger partial charge in [-0.25, -0.2) is 0 Å². The zero-order valence-electron chi connectivity index (χ0n) is 14.2. The van der Waals surface area contributed by atoms with Crippen molar-refractivity contribution in [3.8, 4) is 11.5 Å². The number of halogens is 1. The van der Waals surface area contributed by atoms with E-state index in [1.165, 1.54) is 38.5 Å². The minimum absolute atomic E-state index is 0.0906. The summed E-state index contributed by atoms with van der Waals surface area (Å²) in [5.74, 6) is 1.82. The zero-order valence-corrected chi connectivity index (χ0v) is 16.3. The Bertz CT molecular complexity index is 444. The van der Waals surface area contributed by atoms with Crippen LogP contribution >= 0.6 is 22.6 Å². The Morgan fingerprint density at radius 2 is 1.96 bits per heavy atom. The molecule has 0 N–H and O–H groups in total. The highest BCUT2D eigenvalue weighted by molar-refractivity contribution is 14.1. The number of unbranched alkanes of at least 4 members (excludes halogenated alkanes) is 5. The van der Waals surface area contributed by atoms with Crippen LogP contribution in [0.4, 0.5) is 0 Å². The summed E-state index contributed by atoms with van der Waals surface area (Å²) in [6, 6.07) is 6.05. The largest absolute Gasteiger partial charge is 0.494 e. The van der Waals surface area contributed by atoms with Gasteiger partial charge in [0, 0.05) is 6.42 Å². The molecule has 0 radical (unpaired) electrons. The first-order valence-corrected chi connectivity index (χ1v) is 10.1. The summed E-state index contributed by atoms with van der Waals surface area (Å²) in [6.07, 6.45) is 10.9. The fourth-order valence-electron chi connectivity index (χ4n) is 2.69. The van der Waals surface area contributed by atoms with Crippen LogP contribution in [0.15, 0.2) is 18.2 Å². The second-order valence-corrected chi connectivity index (χ2v) is 7.28. The number of hydrogen-bond acceptors (Lipinski definition) is 3. The van der Waals surface area contributed by atoms with Crippen molar-refractivity contribution in [2.75, 3.05) is 13.2 Å². The smallest absolute Gasteiger partial charge is 0.199 e. The van der Waals surface area contributed by atoms with Gasteiger partial charge in [0.05, 0.1) is 16.8 Å². The molecule has 1 saturated heterocycles. The highest BCUT2D eigenvalue weighted by atomic mass is 127. The molecule has 23 heavy (non-hydrogen) atoms. The Labute approximate surface area is 154 Å². The molecule has 2 rings (SSSR count). The van der Waals surface area contributed by atoms with Crippen molar-refractivity contribution in [2.24, 2.45) is 0 Å². The molecule has 4 heteroatoms. The van der Waals surface area contributed by atoms with Gasteiger partial charge in [-0.1, -0.05) is 39.0 Å². The molecular formula is C19H29IO3. The Morgan fingerprint density at radius 1 is 1.13 bits per heavy atom. The molecule has 1 heterocycles. The van der Waals surface area contributed by atoms with Crippen LogP contribution in [0.2, 0.25) is 0 Å². The maximum absolute atomic E-state index is 5.94. The minimum Gasteiger partial charge on any atom is -0.494 e. The van der Waals surface area contributed by atoms with Crippen molar-refractivity contribution in [3.63, 3.8) is 0 Å². The third-order valence-electron chi connectivity index (χ3n) is 4.07. The first-order chi connectivity index (χ1) is 11.3. The topological polar surface area (TPSA) is 27.7 Å². The summed E-state index contributed by atoms with van der Waals surface area (Å²) >= 11 is 2.31. The van der Waals surface area contributed by atoms with E-state index in [4.69, 9.17) is 14.2 Å². The van der Waals surface area contributed by atoms with Crippen molar-refractivity contribution < 1.29 is 14.2 Å². The fourth-order valence-corrected chi connectivity index (χ4v) is 3.30. The van der Waals surface area contributed by atoms with E-state index in [0.717, 1.165) is 47.5 Å². The molecule has 3 nitrogen and oxygen atoms in total. The first kappa shape index (κ1) is 18.8. The minimum atomic E-state index is -0.0906. The molecule has 1 aliphatic rings. The fraction of sp³-hybridized carbons (Fsp3) is 0.684. The Hall–Kier alpha value is -0.490. The van der Waals surface area contributed by atoms with Gasteiger partial charge in [-0.3, -0.25) is 0 Å². The molecule has 0 amide bonds. The highest BCUT2D eigenvalue weighted by Crippen LogP contribution is 2.28. The lowest BCUT2D eigenvalue weighted by molar-refractivity contribution is -0.106. The molecule has 1 aliphatic heterocycles. The van der Waals surface area contributed by atoms with E-state index in [1.54, 1.807) is 0 Å². The lowest BCUT2D eigenvalue weighted by Gasteiger charge is -2.24. The zero-order chi connectivity index (χ0) is 16.3. The summed E-state index contributed by atoms with van der Waals surface area (Å²) < 4.78 is 18.5. The van der Waals surface area contributed by atoms with E-state index in [1.807, 2.05) is 12.1 Å². The average molecular weight is 432 g/mol. The Balaban J connectivity index is 1.69. The molecule has 1 aromatic carbocycles. The lowest BCUT2D eigenvalue weighted by Crippen LogP contribution is -2.25. The monoisotopic (exact) mass is 432 g/mol. The average Bonchev–Trinajstić information content (AvgIpc) is 2.57. The van der Waals surface area contributed by atoms with Gasteiger partial charge in [0.25, 0.3) is 0 Å². The van der Waals surface area contributed by atoms with Crippen molar-refractivity contribution in [3.05, 3.63) is 21.8 Å². The molecule has 1 fully saturated rings. The number of hydrogen-bond donors (Lipinski definition) is 0.